The number of nitrogens with zero attached hydrogens (tertiary/aromatic N) is 1. The van der Waals surface area contributed by atoms with Crippen molar-refractivity contribution in [2.24, 2.45) is 11.8 Å². The summed E-state index contributed by atoms with van der Waals surface area (Å²) in [6.45, 7) is 4.30. The number of rotatable bonds is 7. The average molecular weight is 301 g/mol. The van der Waals surface area contributed by atoms with Crippen LogP contribution in [-0.4, -0.2) is 44.4 Å². The van der Waals surface area contributed by atoms with E-state index in [1.54, 1.807) is 4.31 Å². The van der Waals surface area contributed by atoms with Crippen molar-refractivity contribution < 1.29 is 8.42 Å². The highest BCUT2D eigenvalue weighted by atomic mass is 32.2. The van der Waals surface area contributed by atoms with Crippen LogP contribution in [0.15, 0.2) is 0 Å². The van der Waals surface area contributed by atoms with Gasteiger partial charge in [-0.3, -0.25) is 0 Å². The third kappa shape index (κ3) is 3.93. The first-order valence-electron chi connectivity index (χ1n) is 8.05. The Hall–Kier alpha value is -0.170. The number of piperidine rings is 1. The molecule has 0 spiro atoms. The van der Waals surface area contributed by atoms with Crippen molar-refractivity contribution in [3.05, 3.63) is 0 Å². The van der Waals surface area contributed by atoms with E-state index in [1.807, 2.05) is 6.92 Å². The lowest BCUT2D eigenvalue weighted by atomic mass is 10.00. The van der Waals surface area contributed by atoms with E-state index >= 15 is 0 Å². The molecule has 0 amide bonds. The van der Waals surface area contributed by atoms with Crippen LogP contribution in [0.3, 0.4) is 0 Å². The molecule has 1 saturated heterocycles. The molecule has 5 nitrogen and oxygen atoms in total. The van der Waals surface area contributed by atoms with Crippen LogP contribution in [0.5, 0.6) is 0 Å². The minimum absolute atomic E-state index is 0.0879. The van der Waals surface area contributed by atoms with Gasteiger partial charge in [0, 0.05) is 25.2 Å². The molecule has 3 rings (SSSR count). The molecule has 20 heavy (non-hydrogen) atoms. The Balaban J connectivity index is 1.51. The molecule has 0 bridgehead atoms. The summed E-state index contributed by atoms with van der Waals surface area (Å²) in [7, 11) is -3.29. The molecule has 3 aliphatic rings. The quantitative estimate of drug-likeness (QED) is 0.740. The fourth-order valence-corrected chi connectivity index (χ4v) is 4.62. The van der Waals surface area contributed by atoms with E-state index in [-0.39, 0.29) is 6.04 Å². The highest BCUT2D eigenvalue weighted by molar-refractivity contribution is 7.87. The van der Waals surface area contributed by atoms with Gasteiger partial charge in [0.1, 0.15) is 0 Å². The molecule has 0 aromatic carbocycles. The molecular formula is C14H27N3O2S. The van der Waals surface area contributed by atoms with E-state index in [1.165, 1.54) is 12.8 Å². The molecule has 6 heteroatoms. The van der Waals surface area contributed by atoms with Gasteiger partial charge in [0.25, 0.3) is 10.2 Å². The zero-order chi connectivity index (χ0) is 14.2. The standard InChI is InChI=1S/C14H27N3O2S/c1-11(13-4-5-13)16-20(18,19)17-8-2-3-12(10-17)9-15-14-6-7-14/h11-16H,2-10H2,1H3. The van der Waals surface area contributed by atoms with Crippen molar-refractivity contribution >= 4 is 10.2 Å². The lowest BCUT2D eigenvalue weighted by molar-refractivity contribution is 0.256. The van der Waals surface area contributed by atoms with Gasteiger partial charge in [-0.25, -0.2) is 0 Å². The predicted octanol–water partition coefficient (Wildman–Crippen LogP) is 1.08. The second-order valence-electron chi connectivity index (χ2n) is 6.80. The molecule has 1 heterocycles. The molecule has 3 fully saturated rings. The summed E-state index contributed by atoms with van der Waals surface area (Å²) in [5, 5.41) is 3.53. The van der Waals surface area contributed by atoms with Crippen LogP contribution in [0.1, 0.15) is 45.4 Å². The Morgan fingerprint density at radius 1 is 1.20 bits per heavy atom. The van der Waals surface area contributed by atoms with Crippen LogP contribution in [0.4, 0.5) is 0 Å². The summed E-state index contributed by atoms with van der Waals surface area (Å²) in [6, 6.07) is 0.792. The van der Waals surface area contributed by atoms with Crippen molar-refractivity contribution in [1.29, 1.82) is 0 Å². The number of hydrogen-bond acceptors (Lipinski definition) is 3. The van der Waals surface area contributed by atoms with Crippen molar-refractivity contribution in [3.63, 3.8) is 0 Å². The average Bonchev–Trinajstić information content (AvgIpc) is 3.29. The molecule has 2 unspecified atom stereocenters. The van der Waals surface area contributed by atoms with Gasteiger partial charge in [-0.1, -0.05) is 0 Å². The highest BCUT2D eigenvalue weighted by Crippen LogP contribution is 2.33. The largest absolute Gasteiger partial charge is 0.314 e. The summed E-state index contributed by atoms with van der Waals surface area (Å²) in [6.07, 6.45) is 7.03. The second-order valence-corrected chi connectivity index (χ2v) is 8.50. The van der Waals surface area contributed by atoms with Crippen LogP contribution < -0.4 is 10.0 Å². The Kier molecular flexibility index (Phi) is 4.36. The van der Waals surface area contributed by atoms with Gasteiger partial charge in [-0.2, -0.15) is 17.4 Å². The molecular weight excluding hydrogens is 274 g/mol. The zero-order valence-electron chi connectivity index (χ0n) is 12.3. The first kappa shape index (κ1) is 14.8. The van der Waals surface area contributed by atoms with E-state index in [2.05, 4.69) is 10.0 Å². The minimum atomic E-state index is -3.29. The van der Waals surface area contributed by atoms with Gasteiger partial charge in [0.2, 0.25) is 0 Å². The summed E-state index contributed by atoms with van der Waals surface area (Å²) in [5.74, 6) is 1.03. The molecule has 0 radical (unpaired) electrons. The molecule has 1 aliphatic heterocycles. The van der Waals surface area contributed by atoms with Crippen LogP contribution in [0.25, 0.3) is 0 Å². The van der Waals surface area contributed by atoms with Crippen LogP contribution >= 0.6 is 0 Å². The van der Waals surface area contributed by atoms with E-state index in [4.69, 9.17) is 0 Å². The maximum absolute atomic E-state index is 12.4. The molecule has 2 N–H and O–H groups in total. The summed E-state index contributed by atoms with van der Waals surface area (Å²) >= 11 is 0. The monoisotopic (exact) mass is 301 g/mol. The zero-order valence-corrected chi connectivity index (χ0v) is 13.2. The van der Waals surface area contributed by atoms with E-state index < -0.39 is 10.2 Å². The Labute approximate surface area is 122 Å². The van der Waals surface area contributed by atoms with E-state index in [0.717, 1.165) is 32.2 Å². The number of nitrogens with one attached hydrogen (secondary N) is 2. The van der Waals surface area contributed by atoms with Gasteiger partial charge in [-0.15, -0.1) is 0 Å². The third-order valence-electron chi connectivity index (χ3n) is 4.76. The summed E-state index contributed by atoms with van der Waals surface area (Å²) in [4.78, 5) is 0. The van der Waals surface area contributed by atoms with E-state index in [9.17, 15) is 8.42 Å². The van der Waals surface area contributed by atoms with Crippen LogP contribution in [-0.2, 0) is 10.2 Å². The lowest BCUT2D eigenvalue weighted by Gasteiger charge is -2.33. The fraction of sp³-hybridized carbons (Fsp3) is 1.00. The minimum Gasteiger partial charge on any atom is -0.314 e. The van der Waals surface area contributed by atoms with Gasteiger partial charge < -0.3 is 5.32 Å². The van der Waals surface area contributed by atoms with E-state index in [0.29, 0.717) is 31.0 Å². The third-order valence-corrected chi connectivity index (χ3v) is 6.44. The number of hydrogen-bond donors (Lipinski definition) is 2. The van der Waals surface area contributed by atoms with Crippen molar-refractivity contribution in [1.82, 2.24) is 14.3 Å². The molecule has 0 aromatic rings. The van der Waals surface area contributed by atoms with Gasteiger partial charge in [0.05, 0.1) is 0 Å². The van der Waals surface area contributed by atoms with Crippen LogP contribution in [0, 0.1) is 11.8 Å². The Bertz CT molecular complexity index is 432. The normalized spacial score (nSPS) is 30.4. The molecule has 0 aromatic heterocycles. The van der Waals surface area contributed by atoms with Crippen molar-refractivity contribution in [3.8, 4) is 0 Å². The van der Waals surface area contributed by atoms with Gasteiger partial charge in [0.15, 0.2) is 0 Å². The topological polar surface area (TPSA) is 61.4 Å². The maximum Gasteiger partial charge on any atom is 0.279 e. The summed E-state index contributed by atoms with van der Waals surface area (Å²) < 4.78 is 29.4. The van der Waals surface area contributed by atoms with Gasteiger partial charge >= 0.3 is 0 Å². The van der Waals surface area contributed by atoms with Gasteiger partial charge in [-0.05, 0) is 63.8 Å². The second kappa shape index (κ2) is 5.91. The molecule has 2 aliphatic carbocycles. The highest BCUT2D eigenvalue weighted by Gasteiger charge is 2.35. The molecule has 116 valence electrons. The SMILES string of the molecule is CC(NS(=O)(=O)N1CCCC(CNC2CC2)C1)C1CC1. The molecule has 2 atom stereocenters. The summed E-state index contributed by atoms with van der Waals surface area (Å²) in [5.41, 5.74) is 0. The fourth-order valence-electron chi connectivity index (χ4n) is 3.03. The lowest BCUT2D eigenvalue weighted by Crippen LogP contribution is -2.50. The Morgan fingerprint density at radius 2 is 1.95 bits per heavy atom. The van der Waals surface area contributed by atoms with Crippen molar-refractivity contribution in [2.45, 2.75) is 57.5 Å². The van der Waals surface area contributed by atoms with Crippen LogP contribution in [0.2, 0.25) is 0 Å². The maximum atomic E-state index is 12.4. The first-order chi connectivity index (χ1) is 9.54. The predicted molar refractivity (Wildman–Crippen MR) is 79.6 cm³/mol. The smallest absolute Gasteiger partial charge is 0.279 e. The molecule has 2 saturated carbocycles. The van der Waals surface area contributed by atoms with Crippen molar-refractivity contribution in [2.75, 3.05) is 19.6 Å². The Morgan fingerprint density at radius 3 is 2.60 bits per heavy atom. The first-order valence-corrected chi connectivity index (χ1v) is 9.49.